The third kappa shape index (κ3) is 6.19. The average Bonchev–Trinajstić information content (AvgIpc) is 2.66. The van der Waals surface area contributed by atoms with Crippen LogP contribution in [-0.2, 0) is 0 Å². The highest BCUT2D eigenvalue weighted by Gasteiger charge is 2.12. The van der Waals surface area contributed by atoms with Gasteiger partial charge in [-0.15, -0.1) is 0 Å². The van der Waals surface area contributed by atoms with E-state index in [2.05, 4.69) is 67.0 Å². The van der Waals surface area contributed by atoms with Crippen molar-refractivity contribution in [1.29, 1.82) is 0 Å². The van der Waals surface area contributed by atoms with E-state index in [-0.39, 0.29) is 0 Å². The first kappa shape index (κ1) is 21.1. The smallest absolute Gasteiger partial charge is 0.130 e. The predicted molar refractivity (Wildman–Crippen MR) is 116 cm³/mol. The Kier molecular flexibility index (Phi) is 9.31. The quantitative estimate of drug-likeness (QED) is 0.262. The molecule has 144 valence electrons. The van der Waals surface area contributed by atoms with Crippen molar-refractivity contribution in [3.05, 3.63) is 35.9 Å². The fraction of sp³-hybridized carbons (Fsp3) is 0.565. The summed E-state index contributed by atoms with van der Waals surface area (Å²) in [6.07, 6.45) is 8.21. The molecular weight excluding hydrogens is 388 g/mol. The molecule has 0 saturated heterocycles. The molecule has 0 heterocycles. The molecule has 0 radical (unpaired) electrons. The summed E-state index contributed by atoms with van der Waals surface area (Å²) in [5, 5.41) is 2.31. The lowest BCUT2D eigenvalue weighted by molar-refractivity contribution is 0.301. The van der Waals surface area contributed by atoms with Gasteiger partial charge < -0.3 is 9.47 Å². The molecule has 0 N–H and O–H groups in total. The molecule has 0 amide bonds. The maximum absolute atomic E-state index is 6.14. The second kappa shape index (κ2) is 11.5. The van der Waals surface area contributed by atoms with E-state index in [0.717, 1.165) is 53.9 Å². The van der Waals surface area contributed by atoms with Crippen molar-refractivity contribution < 1.29 is 9.47 Å². The minimum atomic E-state index is 0.634. The van der Waals surface area contributed by atoms with E-state index in [1.165, 1.54) is 32.1 Å². The number of halogens is 1. The van der Waals surface area contributed by atoms with Crippen LogP contribution in [0.25, 0.3) is 10.8 Å². The summed E-state index contributed by atoms with van der Waals surface area (Å²) in [7, 11) is 0. The van der Waals surface area contributed by atoms with Crippen molar-refractivity contribution in [1.82, 2.24) is 0 Å². The second-order valence-corrected chi connectivity index (χ2v) is 8.27. The van der Waals surface area contributed by atoms with Gasteiger partial charge in [0.15, 0.2) is 0 Å². The number of benzene rings is 2. The molecule has 0 spiro atoms. The number of unbranched alkanes of at least 4 members (excludes halogenated alkanes) is 3. The fourth-order valence-electron chi connectivity index (χ4n) is 3.14. The zero-order chi connectivity index (χ0) is 18.8. The number of hydrogen-bond acceptors (Lipinski definition) is 2. The molecule has 0 saturated carbocycles. The molecule has 2 rings (SSSR count). The van der Waals surface area contributed by atoms with Crippen LogP contribution in [-0.4, -0.2) is 18.0 Å². The Labute approximate surface area is 167 Å². The van der Waals surface area contributed by atoms with Gasteiger partial charge in [0.1, 0.15) is 11.5 Å². The van der Waals surface area contributed by atoms with Crippen molar-refractivity contribution in [3.63, 3.8) is 0 Å². The highest BCUT2D eigenvalue weighted by Crippen LogP contribution is 2.36. The van der Waals surface area contributed by atoms with Crippen LogP contribution in [0.2, 0.25) is 0 Å². The summed E-state index contributed by atoms with van der Waals surface area (Å²) >= 11 is 3.70. The molecule has 0 aliphatic carbocycles. The summed E-state index contributed by atoms with van der Waals surface area (Å²) in [5.41, 5.74) is 1.15. The lowest BCUT2D eigenvalue weighted by Gasteiger charge is -2.16. The largest absolute Gasteiger partial charge is 0.493 e. The van der Waals surface area contributed by atoms with Gasteiger partial charge in [0, 0.05) is 15.6 Å². The molecule has 26 heavy (non-hydrogen) atoms. The summed E-state index contributed by atoms with van der Waals surface area (Å²) in [6.45, 7) is 8.10. The second-order valence-electron chi connectivity index (χ2n) is 6.97. The molecule has 2 nitrogen and oxygen atoms in total. The van der Waals surface area contributed by atoms with Gasteiger partial charge in [-0.05, 0) is 50.7 Å². The van der Waals surface area contributed by atoms with E-state index in [4.69, 9.17) is 9.47 Å². The Morgan fingerprint density at radius 2 is 1.62 bits per heavy atom. The number of fused-ring (bicyclic) bond motifs is 1. The van der Waals surface area contributed by atoms with Gasteiger partial charge in [-0.1, -0.05) is 66.9 Å². The Morgan fingerprint density at radius 3 is 2.35 bits per heavy atom. The molecule has 3 heteroatoms. The van der Waals surface area contributed by atoms with Crippen LogP contribution in [0.3, 0.4) is 0 Å². The van der Waals surface area contributed by atoms with E-state index in [9.17, 15) is 0 Å². The van der Waals surface area contributed by atoms with Gasteiger partial charge in [0.05, 0.1) is 13.2 Å². The van der Waals surface area contributed by atoms with Gasteiger partial charge >= 0.3 is 0 Å². The first-order chi connectivity index (χ1) is 12.7. The maximum atomic E-state index is 6.14. The zero-order valence-corrected chi connectivity index (χ0v) is 18.1. The molecule has 1 unspecified atom stereocenters. The Bertz CT molecular complexity index is 669. The predicted octanol–water partition coefficient (Wildman–Crippen LogP) is 7.44. The molecule has 0 bridgehead atoms. The van der Waals surface area contributed by atoms with Crippen molar-refractivity contribution in [3.8, 4) is 11.5 Å². The number of rotatable bonds is 12. The molecule has 1 atom stereocenters. The van der Waals surface area contributed by atoms with Crippen LogP contribution < -0.4 is 9.47 Å². The normalized spacial score (nSPS) is 12.3. The SMILES string of the molecule is CCCCCOc1c(C)cc(OCCCCC(Br)CC)c2ccccc12. The molecule has 2 aromatic carbocycles. The van der Waals surface area contributed by atoms with Gasteiger partial charge in [0.25, 0.3) is 0 Å². The number of ether oxygens (including phenoxy) is 2. The van der Waals surface area contributed by atoms with Crippen LogP contribution in [0.1, 0.15) is 64.4 Å². The van der Waals surface area contributed by atoms with Crippen LogP contribution >= 0.6 is 15.9 Å². The molecule has 0 fully saturated rings. The first-order valence-corrected chi connectivity index (χ1v) is 11.0. The highest BCUT2D eigenvalue weighted by molar-refractivity contribution is 9.09. The Balaban J connectivity index is 2.04. The molecule has 0 aromatic heterocycles. The molecule has 0 aliphatic heterocycles. The number of hydrogen-bond donors (Lipinski definition) is 0. The van der Waals surface area contributed by atoms with E-state index >= 15 is 0 Å². The van der Waals surface area contributed by atoms with E-state index in [1.54, 1.807) is 0 Å². The first-order valence-electron chi connectivity index (χ1n) is 10.1. The van der Waals surface area contributed by atoms with Crippen molar-refractivity contribution in [2.45, 2.75) is 70.5 Å². The zero-order valence-electron chi connectivity index (χ0n) is 16.5. The lowest BCUT2D eigenvalue weighted by atomic mass is 10.0. The van der Waals surface area contributed by atoms with Crippen LogP contribution in [0.5, 0.6) is 11.5 Å². The van der Waals surface area contributed by atoms with E-state index in [1.807, 2.05) is 0 Å². The average molecular weight is 421 g/mol. The standard InChI is InChI=1S/C23H33BrO2/c1-4-6-10-16-26-23-18(3)17-22(20-13-7-8-14-21(20)23)25-15-11-9-12-19(24)5-2/h7-8,13-14,17,19H,4-6,9-12,15-16H2,1-3H3. The Hall–Kier alpha value is -1.22. The van der Waals surface area contributed by atoms with Crippen molar-refractivity contribution >= 4 is 26.7 Å². The van der Waals surface area contributed by atoms with Crippen LogP contribution in [0.4, 0.5) is 0 Å². The molecule has 0 aliphatic rings. The molecular formula is C23H33BrO2. The lowest BCUT2D eigenvalue weighted by Crippen LogP contribution is -2.03. The molecule has 2 aromatic rings. The summed E-state index contributed by atoms with van der Waals surface area (Å²) in [4.78, 5) is 0.634. The summed E-state index contributed by atoms with van der Waals surface area (Å²) in [6, 6.07) is 10.6. The van der Waals surface area contributed by atoms with Gasteiger partial charge in [-0.2, -0.15) is 0 Å². The topological polar surface area (TPSA) is 18.5 Å². The van der Waals surface area contributed by atoms with Crippen molar-refractivity contribution in [2.75, 3.05) is 13.2 Å². The van der Waals surface area contributed by atoms with E-state index in [0.29, 0.717) is 4.83 Å². The third-order valence-corrected chi connectivity index (χ3v) is 5.85. The minimum Gasteiger partial charge on any atom is -0.493 e. The number of aryl methyl sites for hydroxylation is 1. The van der Waals surface area contributed by atoms with Gasteiger partial charge in [-0.25, -0.2) is 0 Å². The Morgan fingerprint density at radius 1 is 0.923 bits per heavy atom. The number of alkyl halides is 1. The van der Waals surface area contributed by atoms with Gasteiger partial charge in [0.2, 0.25) is 0 Å². The van der Waals surface area contributed by atoms with Crippen LogP contribution in [0, 0.1) is 6.92 Å². The maximum Gasteiger partial charge on any atom is 0.130 e. The van der Waals surface area contributed by atoms with E-state index < -0.39 is 0 Å². The minimum absolute atomic E-state index is 0.634. The fourth-order valence-corrected chi connectivity index (χ4v) is 3.46. The van der Waals surface area contributed by atoms with Crippen LogP contribution in [0.15, 0.2) is 30.3 Å². The third-order valence-electron chi connectivity index (χ3n) is 4.75. The summed E-state index contributed by atoms with van der Waals surface area (Å²) < 4.78 is 12.3. The summed E-state index contributed by atoms with van der Waals surface area (Å²) in [5.74, 6) is 1.99. The monoisotopic (exact) mass is 420 g/mol. The van der Waals surface area contributed by atoms with Gasteiger partial charge in [-0.3, -0.25) is 0 Å². The highest BCUT2D eigenvalue weighted by atomic mass is 79.9. The van der Waals surface area contributed by atoms with Crippen molar-refractivity contribution in [2.24, 2.45) is 0 Å².